The van der Waals surface area contributed by atoms with Crippen molar-refractivity contribution in [1.82, 2.24) is 9.97 Å². The van der Waals surface area contributed by atoms with Crippen molar-refractivity contribution in [2.24, 2.45) is 0 Å². The van der Waals surface area contributed by atoms with Crippen LogP contribution in [0.15, 0.2) is 34.9 Å². The number of aromatic nitrogens is 2. The Bertz CT molecular complexity index is 616. The van der Waals surface area contributed by atoms with Crippen LogP contribution in [0.5, 0.6) is 0 Å². The second-order valence-corrected chi connectivity index (χ2v) is 6.52. The normalized spacial score (nSPS) is 11.0. The first-order valence-electron chi connectivity index (χ1n) is 6.88. The molecule has 21 heavy (non-hydrogen) atoms. The largest absolute Gasteiger partial charge is 0.368 e. The highest BCUT2D eigenvalue weighted by atomic mass is 79.9. The topological polar surface area (TPSA) is 29.0 Å². The Hall–Kier alpha value is -1.13. The first kappa shape index (κ1) is 16.2. The smallest absolute Gasteiger partial charge is 0.131 e. The maximum Gasteiger partial charge on any atom is 0.131 e. The van der Waals surface area contributed by atoms with Gasteiger partial charge in [0.05, 0.1) is 23.5 Å². The van der Waals surface area contributed by atoms with Gasteiger partial charge in [0.25, 0.3) is 0 Å². The van der Waals surface area contributed by atoms with Crippen LogP contribution in [0.3, 0.4) is 0 Å². The Kier molecular flexibility index (Phi) is 5.59. The lowest BCUT2D eigenvalue weighted by Crippen LogP contribution is -2.19. The molecule has 0 saturated carbocycles. The molecule has 0 N–H and O–H groups in total. The van der Waals surface area contributed by atoms with Crippen LogP contribution in [0.4, 0.5) is 5.69 Å². The summed E-state index contributed by atoms with van der Waals surface area (Å²) in [6.45, 7) is 4.95. The summed E-state index contributed by atoms with van der Waals surface area (Å²) < 4.78 is 1.08. The SMILES string of the molecule is CC(C)c1ncc(N(C)Cc2cccc(Br)c2)c(CCl)n1. The fraction of sp³-hybridized carbons (Fsp3) is 0.375. The molecule has 5 heteroatoms. The summed E-state index contributed by atoms with van der Waals surface area (Å²) in [5.41, 5.74) is 3.09. The van der Waals surface area contributed by atoms with E-state index in [9.17, 15) is 0 Å². The predicted octanol–water partition coefficient (Wildman–Crippen LogP) is 4.74. The Morgan fingerprint density at radius 2 is 2.10 bits per heavy atom. The average Bonchev–Trinajstić information content (AvgIpc) is 2.46. The third-order valence-corrected chi connectivity index (χ3v) is 3.97. The molecule has 0 amide bonds. The van der Waals surface area contributed by atoms with Gasteiger partial charge in [-0.05, 0) is 17.7 Å². The van der Waals surface area contributed by atoms with E-state index in [1.807, 2.05) is 25.4 Å². The van der Waals surface area contributed by atoms with E-state index in [0.29, 0.717) is 11.8 Å². The van der Waals surface area contributed by atoms with Gasteiger partial charge in [-0.2, -0.15) is 0 Å². The molecule has 0 bridgehead atoms. The molecule has 0 fully saturated rings. The van der Waals surface area contributed by atoms with E-state index in [1.165, 1.54) is 5.56 Å². The fourth-order valence-electron chi connectivity index (χ4n) is 2.12. The molecule has 3 nitrogen and oxygen atoms in total. The Morgan fingerprint density at radius 3 is 2.71 bits per heavy atom. The molecule has 0 saturated heterocycles. The molecular formula is C16H19BrClN3. The number of alkyl halides is 1. The van der Waals surface area contributed by atoms with Gasteiger partial charge in [-0.1, -0.05) is 41.9 Å². The summed E-state index contributed by atoms with van der Waals surface area (Å²) in [7, 11) is 2.03. The lowest BCUT2D eigenvalue weighted by molar-refractivity contribution is 0.758. The molecule has 0 aliphatic rings. The standard InChI is InChI=1S/C16H19BrClN3/c1-11(2)16-19-9-15(14(8-18)20-16)21(3)10-12-5-4-6-13(17)7-12/h4-7,9,11H,8,10H2,1-3H3. The van der Waals surface area contributed by atoms with Crippen molar-refractivity contribution in [3.8, 4) is 0 Å². The van der Waals surface area contributed by atoms with Gasteiger partial charge in [-0.15, -0.1) is 11.6 Å². The van der Waals surface area contributed by atoms with Gasteiger partial charge in [0, 0.05) is 24.0 Å². The van der Waals surface area contributed by atoms with Gasteiger partial charge in [-0.25, -0.2) is 9.97 Å². The lowest BCUT2D eigenvalue weighted by atomic mass is 10.2. The second-order valence-electron chi connectivity index (χ2n) is 5.33. The van der Waals surface area contributed by atoms with Crippen molar-refractivity contribution in [3.63, 3.8) is 0 Å². The predicted molar refractivity (Wildman–Crippen MR) is 91.9 cm³/mol. The number of halogens is 2. The Morgan fingerprint density at radius 1 is 1.33 bits per heavy atom. The summed E-state index contributed by atoms with van der Waals surface area (Å²) in [4.78, 5) is 11.2. The fourth-order valence-corrected chi connectivity index (χ4v) is 2.76. The van der Waals surface area contributed by atoms with Crippen LogP contribution in [0.1, 0.15) is 36.8 Å². The van der Waals surface area contributed by atoms with Crippen molar-refractivity contribution < 1.29 is 0 Å². The molecular weight excluding hydrogens is 350 g/mol. The maximum absolute atomic E-state index is 6.06. The van der Waals surface area contributed by atoms with Crippen LogP contribution in [-0.2, 0) is 12.4 Å². The quantitative estimate of drug-likeness (QED) is 0.714. The van der Waals surface area contributed by atoms with Crippen LogP contribution >= 0.6 is 27.5 Å². The zero-order chi connectivity index (χ0) is 15.4. The minimum Gasteiger partial charge on any atom is -0.368 e. The molecule has 1 heterocycles. The minimum atomic E-state index is 0.302. The number of nitrogens with zero attached hydrogens (tertiary/aromatic N) is 3. The van der Waals surface area contributed by atoms with Crippen LogP contribution in [0.2, 0.25) is 0 Å². The van der Waals surface area contributed by atoms with Gasteiger partial charge < -0.3 is 4.90 Å². The number of benzene rings is 1. The second kappa shape index (κ2) is 7.23. The van der Waals surface area contributed by atoms with E-state index in [-0.39, 0.29) is 0 Å². The zero-order valence-corrected chi connectivity index (χ0v) is 14.8. The zero-order valence-electron chi connectivity index (χ0n) is 12.5. The lowest BCUT2D eigenvalue weighted by Gasteiger charge is -2.22. The molecule has 0 aliphatic carbocycles. The highest BCUT2D eigenvalue weighted by Gasteiger charge is 2.12. The van der Waals surface area contributed by atoms with Crippen molar-refractivity contribution in [3.05, 3.63) is 52.0 Å². The Balaban J connectivity index is 2.24. The van der Waals surface area contributed by atoms with E-state index in [1.54, 1.807) is 0 Å². The van der Waals surface area contributed by atoms with Crippen molar-refractivity contribution in [1.29, 1.82) is 0 Å². The van der Waals surface area contributed by atoms with Gasteiger partial charge in [0.15, 0.2) is 0 Å². The van der Waals surface area contributed by atoms with E-state index >= 15 is 0 Å². The van der Waals surface area contributed by atoms with E-state index < -0.39 is 0 Å². The molecule has 2 aromatic rings. The molecule has 0 aliphatic heterocycles. The Labute approximate surface area is 139 Å². The highest BCUT2D eigenvalue weighted by molar-refractivity contribution is 9.10. The molecule has 0 spiro atoms. The van der Waals surface area contributed by atoms with E-state index in [0.717, 1.165) is 28.2 Å². The monoisotopic (exact) mass is 367 g/mol. The molecule has 1 aromatic heterocycles. The summed E-state index contributed by atoms with van der Waals surface area (Å²) in [5.74, 6) is 1.53. The summed E-state index contributed by atoms with van der Waals surface area (Å²) >= 11 is 9.55. The van der Waals surface area contributed by atoms with Crippen LogP contribution < -0.4 is 4.90 Å². The van der Waals surface area contributed by atoms with Crippen LogP contribution in [0, 0.1) is 0 Å². The number of rotatable bonds is 5. The average molecular weight is 369 g/mol. The summed E-state index contributed by atoms with van der Waals surface area (Å²) in [6.07, 6.45) is 1.87. The van der Waals surface area contributed by atoms with Crippen LogP contribution in [-0.4, -0.2) is 17.0 Å². The minimum absolute atomic E-state index is 0.302. The highest BCUT2D eigenvalue weighted by Crippen LogP contribution is 2.23. The molecule has 112 valence electrons. The third kappa shape index (κ3) is 4.17. The summed E-state index contributed by atoms with van der Waals surface area (Å²) in [6, 6.07) is 8.27. The first-order chi connectivity index (χ1) is 10.0. The van der Waals surface area contributed by atoms with Gasteiger partial charge in [-0.3, -0.25) is 0 Å². The molecule has 0 atom stereocenters. The van der Waals surface area contributed by atoms with Crippen molar-refractivity contribution >= 4 is 33.2 Å². The number of hydrogen-bond donors (Lipinski definition) is 0. The van der Waals surface area contributed by atoms with E-state index in [2.05, 4.69) is 56.8 Å². The maximum atomic E-state index is 6.06. The number of hydrogen-bond acceptors (Lipinski definition) is 3. The van der Waals surface area contributed by atoms with Crippen molar-refractivity contribution in [2.45, 2.75) is 32.2 Å². The van der Waals surface area contributed by atoms with Crippen LogP contribution in [0.25, 0.3) is 0 Å². The molecule has 1 aromatic carbocycles. The molecule has 0 radical (unpaired) electrons. The van der Waals surface area contributed by atoms with Gasteiger partial charge >= 0.3 is 0 Å². The van der Waals surface area contributed by atoms with E-state index in [4.69, 9.17) is 11.6 Å². The first-order valence-corrected chi connectivity index (χ1v) is 8.21. The van der Waals surface area contributed by atoms with Gasteiger partial charge in [0.1, 0.15) is 5.82 Å². The number of anilines is 1. The van der Waals surface area contributed by atoms with Crippen molar-refractivity contribution in [2.75, 3.05) is 11.9 Å². The molecule has 2 rings (SSSR count). The van der Waals surface area contributed by atoms with Gasteiger partial charge in [0.2, 0.25) is 0 Å². The molecule has 0 unspecified atom stereocenters. The third-order valence-electron chi connectivity index (χ3n) is 3.23. The summed E-state index contributed by atoms with van der Waals surface area (Å²) in [5, 5.41) is 0.